The first-order valence-corrected chi connectivity index (χ1v) is 9.11. The fourth-order valence-electron chi connectivity index (χ4n) is 2.68. The summed E-state index contributed by atoms with van der Waals surface area (Å²) < 4.78 is 3.02. The molecule has 0 saturated heterocycles. The lowest BCUT2D eigenvalue weighted by Gasteiger charge is -2.14. The van der Waals surface area contributed by atoms with Crippen LogP contribution in [0.1, 0.15) is 32.2 Å². The molecule has 1 N–H and O–H groups in total. The van der Waals surface area contributed by atoms with E-state index in [-0.39, 0.29) is 0 Å². The largest absolute Gasteiger partial charge is 0.346 e. The third kappa shape index (κ3) is 3.72. The van der Waals surface area contributed by atoms with Crippen molar-refractivity contribution in [2.45, 2.75) is 32.2 Å². The molecular weight excluding hydrogens is 422 g/mol. The summed E-state index contributed by atoms with van der Waals surface area (Å²) in [5.41, 5.74) is 2.77. The molecule has 120 valence electrons. The fraction of sp³-hybridized carbons (Fsp3) is 0.312. The highest BCUT2D eigenvalue weighted by molar-refractivity contribution is 9.28. The van der Waals surface area contributed by atoms with Gasteiger partial charge in [0.25, 0.3) is 0 Å². The Morgan fingerprint density at radius 3 is 3.04 bits per heavy atom. The highest BCUT2D eigenvalue weighted by Gasteiger charge is 2.14. The minimum absolute atomic E-state index is 0.336. The number of fused-ring (bicyclic) bond motifs is 1. The van der Waals surface area contributed by atoms with Crippen LogP contribution in [-0.2, 0) is 0 Å². The van der Waals surface area contributed by atoms with Gasteiger partial charge in [-0.05, 0) is 50.8 Å². The van der Waals surface area contributed by atoms with Gasteiger partial charge in [-0.25, -0.2) is 9.97 Å². The summed E-state index contributed by atoms with van der Waals surface area (Å²) >= 11 is 6.84. The molecule has 3 aromatic heterocycles. The highest BCUT2D eigenvalue weighted by atomic mass is 79.9. The summed E-state index contributed by atoms with van der Waals surface area (Å²) in [6.07, 6.45) is 12.7. The van der Waals surface area contributed by atoms with Gasteiger partial charge < -0.3 is 4.98 Å². The molecule has 3 heterocycles. The van der Waals surface area contributed by atoms with Crippen LogP contribution in [0.25, 0.3) is 22.3 Å². The van der Waals surface area contributed by atoms with Gasteiger partial charge in [-0.15, -0.1) is 0 Å². The number of aromatic amines is 1. The molecule has 0 aliphatic rings. The number of aromatic nitrogens is 5. The van der Waals surface area contributed by atoms with Crippen LogP contribution in [0.3, 0.4) is 0 Å². The lowest BCUT2D eigenvalue weighted by Crippen LogP contribution is -2.08. The molecule has 0 saturated carbocycles. The molecule has 0 aliphatic heterocycles. The molecule has 0 radical (unpaired) electrons. The molecule has 0 spiro atoms. The third-order valence-corrected chi connectivity index (χ3v) is 4.42. The van der Waals surface area contributed by atoms with Crippen LogP contribution in [0, 0.1) is 0 Å². The van der Waals surface area contributed by atoms with Crippen LogP contribution in [0.5, 0.6) is 0 Å². The van der Waals surface area contributed by atoms with Gasteiger partial charge in [0, 0.05) is 23.3 Å². The van der Waals surface area contributed by atoms with Crippen molar-refractivity contribution < 1.29 is 0 Å². The molecule has 3 aromatic rings. The van der Waals surface area contributed by atoms with Gasteiger partial charge in [0.2, 0.25) is 0 Å². The van der Waals surface area contributed by atoms with E-state index in [4.69, 9.17) is 0 Å². The van der Waals surface area contributed by atoms with Crippen LogP contribution in [-0.4, -0.2) is 24.7 Å². The van der Waals surface area contributed by atoms with Crippen LogP contribution in [0.2, 0.25) is 0 Å². The minimum atomic E-state index is 0.336. The summed E-state index contributed by atoms with van der Waals surface area (Å²) in [4.78, 5) is 11.8. The molecule has 0 bridgehead atoms. The van der Waals surface area contributed by atoms with E-state index in [2.05, 4.69) is 71.1 Å². The van der Waals surface area contributed by atoms with Crippen molar-refractivity contribution in [3.8, 4) is 11.3 Å². The zero-order valence-corrected chi connectivity index (χ0v) is 15.9. The van der Waals surface area contributed by atoms with Crippen molar-refractivity contribution in [2.24, 2.45) is 0 Å². The lowest BCUT2D eigenvalue weighted by molar-refractivity contribution is 0.424. The quantitative estimate of drug-likeness (QED) is 0.576. The predicted octanol–water partition coefficient (Wildman–Crippen LogP) is 5.18. The Morgan fingerprint density at radius 1 is 1.39 bits per heavy atom. The zero-order valence-electron chi connectivity index (χ0n) is 12.7. The first-order valence-electron chi connectivity index (χ1n) is 7.52. The van der Waals surface area contributed by atoms with Crippen molar-refractivity contribution in [3.63, 3.8) is 0 Å². The Bertz CT molecular complexity index is 817. The Morgan fingerprint density at radius 2 is 2.26 bits per heavy atom. The Labute approximate surface area is 151 Å². The van der Waals surface area contributed by atoms with Crippen molar-refractivity contribution in [1.82, 2.24) is 24.7 Å². The van der Waals surface area contributed by atoms with E-state index in [1.165, 1.54) is 0 Å². The zero-order chi connectivity index (χ0) is 16.2. The minimum Gasteiger partial charge on any atom is -0.346 e. The van der Waals surface area contributed by atoms with E-state index in [1.807, 2.05) is 23.1 Å². The molecule has 1 atom stereocenters. The van der Waals surface area contributed by atoms with Gasteiger partial charge in [0.15, 0.2) is 0 Å². The second kappa shape index (κ2) is 7.40. The summed E-state index contributed by atoms with van der Waals surface area (Å²) in [5, 5.41) is 5.58. The maximum atomic E-state index is 4.57. The number of nitrogens with zero attached hydrogens (tertiary/aromatic N) is 4. The van der Waals surface area contributed by atoms with E-state index in [1.54, 1.807) is 6.33 Å². The maximum absolute atomic E-state index is 4.57. The lowest BCUT2D eigenvalue weighted by atomic mass is 10.1. The van der Waals surface area contributed by atoms with Gasteiger partial charge in [0.1, 0.15) is 12.0 Å². The highest BCUT2D eigenvalue weighted by Crippen LogP contribution is 2.27. The molecule has 5 nitrogen and oxygen atoms in total. The van der Waals surface area contributed by atoms with Gasteiger partial charge in [-0.1, -0.05) is 19.4 Å². The molecule has 0 aromatic carbocycles. The van der Waals surface area contributed by atoms with E-state index < -0.39 is 0 Å². The second-order valence-electron chi connectivity index (χ2n) is 5.34. The maximum Gasteiger partial charge on any atom is 0.141 e. The first kappa shape index (κ1) is 16.4. The molecule has 1 unspecified atom stereocenters. The van der Waals surface area contributed by atoms with E-state index >= 15 is 0 Å². The van der Waals surface area contributed by atoms with Crippen molar-refractivity contribution in [2.75, 3.05) is 0 Å². The number of rotatable bonds is 6. The van der Waals surface area contributed by atoms with E-state index in [9.17, 15) is 0 Å². The van der Waals surface area contributed by atoms with E-state index in [0.29, 0.717) is 6.04 Å². The molecule has 0 aliphatic carbocycles. The van der Waals surface area contributed by atoms with Crippen molar-refractivity contribution >= 4 is 42.9 Å². The topological polar surface area (TPSA) is 59.4 Å². The van der Waals surface area contributed by atoms with Crippen LogP contribution in [0.15, 0.2) is 40.5 Å². The number of allylic oxidation sites excluding steroid dienone is 1. The van der Waals surface area contributed by atoms with Gasteiger partial charge in [0.05, 0.1) is 21.3 Å². The number of hydrogen-bond donors (Lipinski definition) is 1. The Balaban J connectivity index is 1.92. The molecular formula is C16H17Br2N5. The Kier molecular flexibility index (Phi) is 5.27. The molecule has 23 heavy (non-hydrogen) atoms. The number of H-pyrrole nitrogens is 1. The monoisotopic (exact) mass is 437 g/mol. The van der Waals surface area contributed by atoms with Crippen molar-refractivity contribution in [3.05, 3.63) is 40.5 Å². The molecule has 3 rings (SSSR count). The normalized spacial score (nSPS) is 12.5. The molecule has 0 amide bonds. The summed E-state index contributed by atoms with van der Waals surface area (Å²) in [6.45, 7) is 2.19. The Hall–Kier alpha value is -1.47. The standard InChI is InChI=1S/C16H17Br2N5/c1-2-3-12(4-5-14(17)18)23-9-11(8-22-23)15-13-6-7-19-16(13)21-10-20-15/h5-10,12H,2-4H2,1H3,(H,19,20,21). The number of nitrogens with one attached hydrogen (secondary N) is 1. The van der Waals surface area contributed by atoms with E-state index in [0.717, 1.165) is 44.9 Å². The van der Waals surface area contributed by atoms with Crippen LogP contribution >= 0.6 is 31.9 Å². The summed E-state index contributed by atoms with van der Waals surface area (Å²) in [5.74, 6) is 0. The second-order valence-corrected chi connectivity index (χ2v) is 8.12. The first-order chi connectivity index (χ1) is 11.2. The number of halogens is 2. The van der Waals surface area contributed by atoms with Gasteiger partial charge >= 0.3 is 0 Å². The summed E-state index contributed by atoms with van der Waals surface area (Å²) in [6, 6.07) is 2.33. The van der Waals surface area contributed by atoms with Gasteiger partial charge in [-0.3, -0.25) is 4.68 Å². The third-order valence-electron chi connectivity index (χ3n) is 3.77. The number of hydrogen-bond acceptors (Lipinski definition) is 3. The van der Waals surface area contributed by atoms with Crippen LogP contribution < -0.4 is 0 Å². The average Bonchev–Trinajstić information content (AvgIpc) is 3.19. The van der Waals surface area contributed by atoms with Crippen molar-refractivity contribution in [1.29, 1.82) is 0 Å². The van der Waals surface area contributed by atoms with Gasteiger partial charge in [-0.2, -0.15) is 5.10 Å². The predicted molar refractivity (Wildman–Crippen MR) is 99.6 cm³/mol. The average molecular weight is 439 g/mol. The fourth-order valence-corrected chi connectivity index (χ4v) is 3.05. The summed E-state index contributed by atoms with van der Waals surface area (Å²) in [7, 11) is 0. The molecule has 7 heteroatoms. The smallest absolute Gasteiger partial charge is 0.141 e. The molecule has 0 fully saturated rings. The van der Waals surface area contributed by atoms with Crippen LogP contribution in [0.4, 0.5) is 0 Å². The SMILES string of the molecule is CCCC(CC=C(Br)Br)n1cc(-c2ncnc3[nH]ccc23)cn1.